The summed E-state index contributed by atoms with van der Waals surface area (Å²) in [5.74, 6) is 0.560. The summed E-state index contributed by atoms with van der Waals surface area (Å²) in [6.07, 6.45) is 3.43. The van der Waals surface area contributed by atoms with Crippen LogP contribution >= 0.6 is 11.8 Å². The summed E-state index contributed by atoms with van der Waals surface area (Å²) in [5, 5.41) is 18.0. The van der Waals surface area contributed by atoms with Gasteiger partial charge in [0.15, 0.2) is 10.7 Å². The molecule has 0 unspecified atom stereocenters. The first-order chi connectivity index (χ1) is 10.4. The lowest BCUT2D eigenvalue weighted by Gasteiger charge is -2.17. The summed E-state index contributed by atoms with van der Waals surface area (Å²) < 4.78 is 27.3. The number of diazo groups is 1. The molecule has 0 saturated carbocycles. The average Bonchev–Trinajstić information content (AvgIpc) is 2.45. The van der Waals surface area contributed by atoms with E-state index in [1.807, 2.05) is 13.2 Å². The lowest BCUT2D eigenvalue weighted by molar-refractivity contribution is 0.365. The van der Waals surface area contributed by atoms with Gasteiger partial charge in [-0.05, 0) is 37.5 Å². The minimum atomic E-state index is -3.66. The van der Waals surface area contributed by atoms with Gasteiger partial charge in [-0.3, -0.25) is 0 Å². The summed E-state index contributed by atoms with van der Waals surface area (Å²) >= 11 is 1.59. The Balaban J connectivity index is 2.89. The Labute approximate surface area is 135 Å². The second-order valence-electron chi connectivity index (χ2n) is 4.85. The van der Waals surface area contributed by atoms with Crippen LogP contribution in [-0.4, -0.2) is 31.6 Å². The molecule has 1 atom stereocenters. The summed E-state index contributed by atoms with van der Waals surface area (Å²) in [6.45, 7) is 1.88. The lowest BCUT2D eigenvalue weighted by Crippen LogP contribution is -2.35. The van der Waals surface area contributed by atoms with E-state index in [-0.39, 0.29) is 17.1 Å². The van der Waals surface area contributed by atoms with Gasteiger partial charge in [0.1, 0.15) is 0 Å². The Kier molecular flexibility index (Phi) is 7.38. The van der Waals surface area contributed by atoms with Crippen molar-refractivity contribution < 1.29 is 13.5 Å². The molecule has 0 amide bonds. The number of aliphatic hydroxyl groups excluding tert-OH is 1. The Bertz CT molecular complexity index is 649. The van der Waals surface area contributed by atoms with Gasteiger partial charge in [0.2, 0.25) is 15.4 Å². The molecule has 120 valence electrons. The number of benzene rings is 1. The molecule has 0 aliphatic rings. The normalized spacial score (nSPS) is 13.6. The zero-order valence-electron chi connectivity index (χ0n) is 12.6. The topological polar surface area (TPSA) is 94.5 Å². The molecule has 0 aliphatic carbocycles. The van der Waals surface area contributed by atoms with Gasteiger partial charge in [-0.2, -0.15) is 11.8 Å². The fraction of sp³-hybridized carbons (Fsp3) is 0.429. The molecule has 0 heterocycles. The fourth-order valence-corrected chi connectivity index (χ4v) is 3.63. The van der Waals surface area contributed by atoms with Crippen LogP contribution < -0.4 is 4.72 Å². The maximum Gasteiger partial charge on any atom is 0.387 e. The molecule has 1 aromatic carbocycles. The molecule has 8 heteroatoms. The summed E-state index contributed by atoms with van der Waals surface area (Å²) in [4.78, 5) is 2.92. The van der Waals surface area contributed by atoms with Crippen molar-refractivity contribution in [2.45, 2.75) is 30.7 Å². The Morgan fingerprint density at radius 3 is 2.64 bits per heavy atom. The van der Waals surface area contributed by atoms with E-state index in [1.165, 1.54) is 0 Å². The predicted molar refractivity (Wildman–Crippen MR) is 88.7 cm³/mol. The van der Waals surface area contributed by atoms with Crippen LogP contribution in [0.3, 0.4) is 0 Å². The Morgan fingerprint density at radius 2 is 2.09 bits per heavy atom. The zero-order chi connectivity index (χ0) is 16.6. The van der Waals surface area contributed by atoms with Crippen LogP contribution in [0.15, 0.2) is 41.1 Å². The number of thioether (sulfide) groups is 1. The molecule has 0 bridgehead atoms. The molecule has 0 aliphatic heterocycles. The monoisotopic (exact) mass is 342 g/mol. The van der Waals surface area contributed by atoms with Crippen molar-refractivity contribution in [1.29, 1.82) is 5.39 Å². The second-order valence-corrected chi connectivity index (χ2v) is 7.55. The van der Waals surface area contributed by atoms with Crippen LogP contribution in [0.1, 0.15) is 18.4 Å². The molecule has 2 N–H and O–H groups in total. The van der Waals surface area contributed by atoms with Crippen molar-refractivity contribution in [3.8, 4) is 0 Å². The van der Waals surface area contributed by atoms with Gasteiger partial charge < -0.3 is 5.11 Å². The van der Waals surface area contributed by atoms with E-state index in [2.05, 4.69) is 9.70 Å². The number of nitrogens with one attached hydrogen (secondary N) is 1. The van der Waals surface area contributed by atoms with Gasteiger partial charge >= 0.3 is 6.20 Å². The van der Waals surface area contributed by atoms with Crippen LogP contribution in [0.4, 0.5) is 0 Å². The largest absolute Gasteiger partial charge is 0.505 e. The minimum absolute atomic E-state index is 0.0652. The minimum Gasteiger partial charge on any atom is -0.505 e. The predicted octanol–water partition coefficient (Wildman–Crippen LogP) is 3.04. The molecule has 1 aromatic rings. The molecule has 0 aromatic heterocycles. The third kappa shape index (κ3) is 6.05. The van der Waals surface area contributed by atoms with E-state index in [4.69, 9.17) is 5.39 Å². The molecule has 0 spiro atoms. The fourth-order valence-electron chi connectivity index (χ4n) is 1.84. The molecule has 6 nitrogen and oxygen atoms in total. The molecular formula is C14H20N3O3S2+. The van der Waals surface area contributed by atoms with Gasteiger partial charge in [-0.1, -0.05) is 17.7 Å². The molecular weight excluding hydrogens is 322 g/mol. The zero-order valence-corrected chi connectivity index (χ0v) is 14.2. The summed E-state index contributed by atoms with van der Waals surface area (Å²) in [7, 11) is -3.66. The van der Waals surface area contributed by atoms with Gasteiger partial charge in [0, 0.05) is 12.5 Å². The number of sulfonamides is 1. The molecule has 22 heavy (non-hydrogen) atoms. The van der Waals surface area contributed by atoms with E-state index in [0.717, 1.165) is 17.5 Å². The SMILES string of the molecule is CSCC[C@@H](C/C(O)=C\[N+]#N)NS(=O)(=O)c1ccc(C)cc1. The highest BCUT2D eigenvalue weighted by Crippen LogP contribution is 2.15. The van der Waals surface area contributed by atoms with Crippen LogP contribution in [0, 0.1) is 12.3 Å². The van der Waals surface area contributed by atoms with Crippen LogP contribution in [0.25, 0.3) is 4.98 Å². The number of aliphatic hydroxyl groups is 1. The van der Waals surface area contributed by atoms with Crippen molar-refractivity contribution in [2.75, 3.05) is 12.0 Å². The highest BCUT2D eigenvalue weighted by Gasteiger charge is 2.21. The van der Waals surface area contributed by atoms with Crippen molar-refractivity contribution in [3.05, 3.63) is 46.8 Å². The van der Waals surface area contributed by atoms with E-state index in [0.29, 0.717) is 6.42 Å². The highest BCUT2D eigenvalue weighted by molar-refractivity contribution is 7.98. The summed E-state index contributed by atoms with van der Waals surface area (Å²) in [5.41, 5.74) is 0.975. The first-order valence-corrected chi connectivity index (χ1v) is 9.57. The average molecular weight is 342 g/mol. The number of hydrogen-bond acceptors (Lipinski definition) is 5. The van der Waals surface area contributed by atoms with E-state index in [9.17, 15) is 13.5 Å². The second kappa shape index (κ2) is 8.78. The third-order valence-corrected chi connectivity index (χ3v) is 5.17. The standard InChI is InChI=1S/C14H19N3O3S2/c1-11-3-5-14(6-4-11)22(19,20)17-12(7-8-21-2)9-13(18)10-16-15/h3-6,10,12,17H,7-9H2,1-2H3/p+1/b13-10+/t12-/m0/s1. The maximum atomic E-state index is 12.4. The van der Waals surface area contributed by atoms with Crippen molar-refractivity contribution in [2.24, 2.45) is 0 Å². The number of aryl methyl sites for hydroxylation is 1. The van der Waals surface area contributed by atoms with Crippen LogP contribution in [0.5, 0.6) is 0 Å². The first-order valence-electron chi connectivity index (χ1n) is 6.69. The first kappa shape index (κ1) is 18.5. The molecule has 1 rings (SSSR count). The third-order valence-electron chi connectivity index (χ3n) is 2.99. The van der Waals surface area contributed by atoms with Crippen molar-refractivity contribution >= 4 is 21.8 Å². The molecule has 0 radical (unpaired) electrons. The molecule has 0 fully saturated rings. The molecule has 0 saturated heterocycles. The van der Waals surface area contributed by atoms with Crippen molar-refractivity contribution in [1.82, 2.24) is 4.72 Å². The van der Waals surface area contributed by atoms with E-state index < -0.39 is 16.1 Å². The van der Waals surface area contributed by atoms with Gasteiger partial charge in [-0.15, -0.1) is 0 Å². The van der Waals surface area contributed by atoms with Crippen LogP contribution in [0.2, 0.25) is 0 Å². The number of hydrogen-bond donors (Lipinski definition) is 2. The maximum absolute atomic E-state index is 12.4. The Hall–Kier alpha value is -1.56. The van der Waals surface area contributed by atoms with Gasteiger partial charge in [0.25, 0.3) is 0 Å². The van der Waals surface area contributed by atoms with Gasteiger partial charge in [0.05, 0.1) is 4.90 Å². The highest BCUT2D eigenvalue weighted by atomic mass is 32.2. The number of nitrogens with zero attached hydrogens (tertiary/aromatic N) is 2. The number of rotatable bonds is 8. The van der Waals surface area contributed by atoms with E-state index in [1.54, 1.807) is 36.0 Å². The van der Waals surface area contributed by atoms with Crippen LogP contribution in [-0.2, 0) is 10.0 Å². The Morgan fingerprint density at radius 1 is 1.45 bits per heavy atom. The lowest BCUT2D eigenvalue weighted by atomic mass is 10.1. The van der Waals surface area contributed by atoms with Gasteiger partial charge in [-0.25, -0.2) is 13.1 Å². The smallest absolute Gasteiger partial charge is 0.387 e. The van der Waals surface area contributed by atoms with E-state index >= 15 is 0 Å². The van der Waals surface area contributed by atoms with Crippen molar-refractivity contribution in [3.63, 3.8) is 0 Å². The quantitative estimate of drug-likeness (QED) is 0.559. The summed E-state index contributed by atoms with van der Waals surface area (Å²) in [6, 6.07) is 6.07.